The van der Waals surface area contributed by atoms with E-state index >= 15 is 0 Å². The minimum absolute atomic E-state index is 0.0402. The number of carbonyl (C=O) groups excluding carboxylic acids is 1. The molecule has 2 N–H and O–H groups in total. The number of β-amino-alcohol motifs (C(OH)–C–C–N with tert-alkyl or cyclic N) is 1. The number of benzene rings is 3. The number of nitrogens with zero attached hydrogens (tertiary/aromatic N) is 1. The maximum Gasteiger partial charge on any atom is 0.251 e. The fourth-order valence-electron chi connectivity index (χ4n) is 4.68. The van der Waals surface area contributed by atoms with Crippen molar-refractivity contribution >= 4 is 16.7 Å². The van der Waals surface area contributed by atoms with Gasteiger partial charge in [-0.15, -0.1) is 0 Å². The number of fused-ring (bicyclic) bond motifs is 2. The molecule has 0 aliphatic carbocycles. The molecule has 1 saturated heterocycles. The average Bonchev–Trinajstić information content (AvgIpc) is 3.34. The molecule has 2 heterocycles. The van der Waals surface area contributed by atoms with E-state index in [1.165, 1.54) is 10.9 Å². The van der Waals surface area contributed by atoms with Crippen LogP contribution in [0.1, 0.15) is 45.5 Å². The van der Waals surface area contributed by atoms with E-state index < -0.39 is 6.10 Å². The van der Waals surface area contributed by atoms with Crippen molar-refractivity contribution < 1.29 is 9.90 Å². The Kier molecular flexibility index (Phi) is 4.38. The van der Waals surface area contributed by atoms with Gasteiger partial charge >= 0.3 is 0 Å². The monoisotopic (exact) mass is 372 g/mol. The van der Waals surface area contributed by atoms with Gasteiger partial charge in [-0.05, 0) is 58.5 Å². The van der Waals surface area contributed by atoms with Crippen LogP contribution in [0.25, 0.3) is 10.8 Å². The third-order valence-corrected chi connectivity index (χ3v) is 6.18. The van der Waals surface area contributed by atoms with Crippen LogP contribution in [0.15, 0.2) is 60.7 Å². The summed E-state index contributed by atoms with van der Waals surface area (Å²) in [7, 11) is 0. The first-order chi connectivity index (χ1) is 13.7. The van der Waals surface area contributed by atoms with Crippen molar-refractivity contribution in [2.24, 2.45) is 0 Å². The van der Waals surface area contributed by atoms with E-state index in [9.17, 15) is 9.90 Å². The van der Waals surface area contributed by atoms with Crippen molar-refractivity contribution in [3.05, 3.63) is 82.9 Å². The number of aliphatic hydroxyl groups is 1. The molecule has 0 saturated carbocycles. The average molecular weight is 372 g/mol. The number of rotatable bonds is 4. The Morgan fingerprint density at radius 2 is 1.93 bits per heavy atom. The van der Waals surface area contributed by atoms with Crippen LogP contribution in [0.5, 0.6) is 0 Å². The lowest BCUT2D eigenvalue weighted by Crippen LogP contribution is -2.26. The summed E-state index contributed by atoms with van der Waals surface area (Å²) in [5.74, 6) is 0.463. The molecule has 0 spiro atoms. The molecule has 2 aliphatic rings. The Hall–Kier alpha value is -2.69. The minimum atomic E-state index is -0.493. The van der Waals surface area contributed by atoms with Gasteiger partial charge in [0, 0.05) is 25.2 Å². The third-order valence-electron chi connectivity index (χ3n) is 6.18. The van der Waals surface area contributed by atoms with E-state index in [1.807, 2.05) is 30.3 Å². The van der Waals surface area contributed by atoms with Crippen molar-refractivity contribution in [3.8, 4) is 0 Å². The van der Waals surface area contributed by atoms with Crippen LogP contribution in [0.2, 0.25) is 0 Å². The first kappa shape index (κ1) is 17.4. The van der Waals surface area contributed by atoms with Gasteiger partial charge in [0.2, 0.25) is 0 Å². The highest BCUT2D eigenvalue weighted by atomic mass is 16.3. The summed E-state index contributed by atoms with van der Waals surface area (Å²) in [6.07, 6.45) is 0.572. The number of carbonyl (C=O) groups is 1. The second kappa shape index (κ2) is 7.04. The Bertz CT molecular complexity index is 1050. The van der Waals surface area contributed by atoms with E-state index in [1.54, 1.807) is 0 Å². The Labute approximate surface area is 164 Å². The lowest BCUT2D eigenvalue weighted by atomic mass is 9.91. The molecule has 1 fully saturated rings. The zero-order valence-electron chi connectivity index (χ0n) is 15.8. The molecule has 0 aromatic heterocycles. The smallest absolute Gasteiger partial charge is 0.251 e. The third kappa shape index (κ3) is 3.09. The minimum Gasteiger partial charge on any atom is -0.387 e. The van der Waals surface area contributed by atoms with Gasteiger partial charge < -0.3 is 10.4 Å². The largest absolute Gasteiger partial charge is 0.387 e. The molecular weight excluding hydrogens is 348 g/mol. The number of amides is 1. The number of aliphatic hydroxyl groups excluding tert-OH is 1. The first-order valence-corrected chi connectivity index (χ1v) is 9.98. The normalized spacial score (nSPS) is 20.3. The summed E-state index contributed by atoms with van der Waals surface area (Å²) < 4.78 is 0. The zero-order chi connectivity index (χ0) is 19.1. The predicted octanol–water partition coefficient (Wildman–Crippen LogP) is 3.61. The SMILES string of the molecule is O=C1NCc2c1cccc2[C@@H]1CCN(C[C@H](O)c2ccc3ccccc3c2)C1. The van der Waals surface area contributed by atoms with E-state index in [0.717, 1.165) is 41.6 Å². The zero-order valence-corrected chi connectivity index (χ0v) is 15.8. The van der Waals surface area contributed by atoms with Crippen LogP contribution in [-0.4, -0.2) is 35.5 Å². The number of nitrogens with one attached hydrogen (secondary N) is 1. The molecule has 0 radical (unpaired) electrons. The van der Waals surface area contributed by atoms with Crippen molar-refractivity contribution in [3.63, 3.8) is 0 Å². The van der Waals surface area contributed by atoms with E-state index in [-0.39, 0.29) is 5.91 Å². The molecule has 28 heavy (non-hydrogen) atoms. The summed E-state index contributed by atoms with van der Waals surface area (Å²) in [5.41, 5.74) is 4.25. The number of likely N-dealkylation sites (tertiary alicyclic amines) is 1. The molecular formula is C24H24N2O2. The quantitative estimate of drug-likeness (QED) is 0.736. The van der Waals surface area contributed by atoms with Crippen LogP contribution in [-0.2, 0) is 6.54 Å². The summed E-state index contributed by atoms with van der Waals surface area (Å²) in [5, 5.41) is 16.1. The van der Waals surface area contributed by atoms with Gasteiger partial charge in [0.15, 0.2) is 0 Å². The van der Waals surface area contributed by atoms with E-state index in [0.29, 0.717) is 19.0 Å². The van der Waals surface area contributed by atoms with Crippen molar-refractivity contribution in [2.75, 3.05) is 19.6 Å². The van der Waals surface area contributed by atoms with Crippen LogP contribution >= 0.6 is 0 Å². The van der Waals surface area contributed by atoms with Crippen molar-refractivity contribution in [1.82, 2.24) is 10.2 Å². The molecule has 2 atom stereocenters. The highest BCUT2D eigenvalue weighted by molar-refractivity contribution is 5.98. The van der Waals surface area contributed by atoms with E-state index in [2.05, 4.69) is 40.5 Å². The summed E-state index contributed by atoms with van der Waals surface area (Å²) >= 11 is 0. The molecule has 2 aliphatic heterocycles. The fraction of sp³-hybridized carbons (Fsp3) is 0.292. The van der Waals surface area contributed by atoms with Gasteiger partial charge in [-0.25, -0.2) is 0 Å². The van der Waals surface area contributed by atoms with Gasteiger partial charge in [-0.3, -0.25) is 9.69 Å². The second-order valence-corrected chi connectivity index (χ2v) is 7.92. The Morgan fingerprint density at radius 1 is 1.07 bits per heavy atom. The topological polar surface area (TPSA) is 52.6 Å². The lowest BCUT2D eigenvalue weighted by molar-refractivity contribution is 0.0965. The summed E-state index contributed by atoms with van der Waals surface area (Å²) in [4.78, 5) is 14.3. The lowest BCUT2D eigenvalue weighted by Gasteiger charge is -2.21. The van der Waals surface area contributed by atoms with Crippen molar-refractivity contribution in [2.45, 2.75) is 25.0 Å². The maximum atomic E-state index is 11.9. The van der Waals surface area contributed by atoms with Crippen LogP contribution in [0.4, 0.5) is 0 Å². The van der Waals surface area contributed by atoms with Gasteiger partial charge in [0.05, 0.1) is 6.10 Å². The molecule has 0 unspecified atom stereocenters. The van der Waals surface area contributed by atoms with Gasteiger partial charge in [-0.1, -0.05) is 48.5 Å². The van der Waals surface area contributed by atoms with Gasteiger partial charge in [0.25, 0.3) is 5.91 Å². The second-order valence-electron chi connectivity index (χ2n) is 7.92. The first-order valence-electron chi connectivity index (χ1n) is 9.98. The fourth-order valence-corrected chi connectivity index (χ4v) is 4.68. The highest BCUT2D eigenvalue weighted by Crippen LogP contribution is 2.33. The molecule has 0 bridgehead atoms. The standard InChI is InChI=1S/C24H24N2O2/c27-23(18-9-8-16-4-1-2-5-17(16)12-18)15-26-11-10-19(14-26)20-6-3-7-21-22(20)13-25-24(21)28/h1-9,12,19,23,27H,10-11,13-15H2,(H,25,28)/t19-,23+/m1/s1. The van der Waals surface area contributed by atoms with Gasteiger partial charge in [-0.2, -0.15) is 0 Å². The molecule has 4 nitrogen and oxygen atoms in total. The Morgan fingerprint density at radius 3 is 2.82 bits per heavy atom. The molecule has 1 amide bonds. The van der Waals surface area contributed by atoms with E-state index in [4.69, 9.17) is 0 Å². The molecule has 4 heteroatoms. The predicted molar refractivity (Wildman–Crippen MR) is 110 cm³/mol. The molecule has 142 valence electrons. The van der Waals surface area contributed by atoms with Crippen LogP contribution in [0.3, 0.4) is 0 Å². The number of hydrogen-bond donors (Lipinski definition) is 2. The van der Waals surface area contributed by atoms with Crippen LogP contribution < -0.4 is 5.32 Å². The summed E-state index contributed by atoms with van der Waals surface area (Å²) in [6.45, 7) is 3.18. The molecule has 3 aromatic carbocycles. The highest BCUT2D eigenvalue weighted by Gasteiger charge is 2.30. The van der Waals surface area contributed by atoms with Crippen molar-refractivity contribution in [1.29, 1.82) is 0 Å². The molecule has 3 aromatic rings. The number of hydrogen-bond acceptors (Lipinski definition) is 3. The summed E-state index contributed by atoms with van der Waals surface area (Å²) in [6, 6.07) is 20.5. The van der Waals surface area contributed by atoms with Crippen LogP contribution in [0, 0.1) is 0 Å². The maximum absolute atomic E-state index is 11.9. The molecule has 5 rings (SSSR count). The Balaban J connectivity index is 1.29. The van der Waals surface area contributed by atoms with Gasteiger partial charge in [0.1, 0.15) is 0 Å².